The lowest BCUT2D eigenvalue weighted by Gasteiger charge is -2.16. The van der Waals surface area contributed by atoms with Gasteiger partial charge in [0, 0.05) is 25.7 Å². The molecule has 22 heavy (non-hydrogen) atoms. The van der Waals surface area contributed by atoms with Crippen LogP contribution in [0.5, 0.6) is 0 Å². The van der Waals surface area contributed by atoms with Gasteiger partial charge in [-0.1, -0.05) is 60.7 Å². The van der Waals surface area contributed by atoms with E-state index < -0.39 is 0 Å². The lowest BCUT2D eigenvalue weighted by molar-refractivity contribution is 0.153. The number of aliphatic hydroxyl groups excluding tert-OH is 1. The summed E-state index contributed by atoms with van der Waals surface area (Å²) in [6, 6.07) is 21.1. The maximum Gasteiger partial charge on any atom is 0.0832 e. The Labute approximate surface area is 132 Å². The molecule has 0 amide bonds. The average molecular weight is 296 g/mol. The van der Waals surface area contributed by atoms with Crippen molar-refractivity contribution in [1.29, 1.82) is 0 Å². The van der Waals surface area contributed by atoms with Crippen molar-refractivity contribution < 1.29 is 5.11 Å². The van der Waals surface area contributed by atoms with E-state index in [1.807, 2.05) is 12.1 Å². The van der Waals surface area contributed by atoms with Gasteiger partial charge in [-0.3, -0.25) is 4.90 Å². The first-order valence-corrected chi connectivity index (χ1v) is 8.03. The van der Waals surface area contributed by atoms with Crippen LogP contribution < -0.4 is 5.32 Å². The molecule has 1 aliphatic heterocycles. The van der Waals surface area contributed by atoms with Crippen molar-refractivity contribution >= 4 is 0 Å². The van der Waals surface area contributed by atoms with Gasteiger partial charge in [0.1, 0.15) is 0 Å². The highest BCUT2D eigenvalue weighted by atomic mass is 16.3. The minimum absolute atomic E-state index is 0.174. The van der Waals surface area contributed by atoms with E-state index in [2.05, 4.69) is 58.7 Å². The van der Waals surface area contributed by atoms with Gasteiger partial charge in [0.25, 0.3) is 0 Å². The van der Waals surface area contributed by atoms with Gasteiger partial charge >= 0.3 is 0 Å². The number of rotatable bonds is 6. The molecule has 2 aromatic carbocycles. The molecular formula is C19H24N2O. The molecule has 1 fully saturated rings. The first-order chi connectivity index (χ1) is 10.8. The quantitative estimate of drug-likeness (QED) is 0.856. The summed E-state index contributed by atoms with van der Waals surface area (Å²) in [5, 5.41) is 13.7. The Hall–Kier alpha value is -1.68. The zero-order valence-corrected chi connectivity index (χ0v) is 12.9. The smallest absolute Gasteiger partial charge is 0.0832 e. The van der Waals surface area contributed by atoms with Crippen molar-refractivity contribution in [2.75, 3.05) is 19.6 Å². The number of hydrogen-bond donors (Lipinski definition) is 2. The monoisotopic (exact) mass is 296 g/mol. The molecule has 0 unspecified atom stereocenters. The molecule has 3 nitrogen and oxygen atoms in total. The molecule has 3 rings (SSSR count). The molecule has 1 saturated heterocycles. The summed E-state index contributed by atoms with van der Waals surface area (Å²) in [5.74, 6) is 0. The third-order valence-electron chi connectivity index (χ3n) is 4.28. The van der Waals surface area contributed by atoms with Gasteiger partial charge in [0.15, 0.2) is 0 Å². The van der Waals surface area contributed by atoms with Gasteiger partial charge in [0.2, 0.25) is 0 Å². The lowest BCUT2D eigenvalue weighted by atomic mass is 10.1. The van der Waals surface area contributed by atoms with Crippen molar-refractivity contribution in [1.82, 2.24) is 10.2 Å². The Balaban J connectivity index is 1.45. The van der Waals surface area contributed by atoms with Crippen LogP contribution >= 0.6 is 0 Å². The molecule has 0 bridgehead atoms. The predicted molar refractivity (Wildman–Crippen MR) is 89.7 cm³/mol. The Morgan fingerprint density at radius 2 is 1.55 bits per heavy atom. The second-order valence-electron chi connectivity index (χ2n) is 6.04. The van der Waals surface area contributed by atoms with E-state index in [9.17, 15) is 5.11 Å². The largest absolute Gasteiger partial charge is 0.390 e. The molecule has 2 atom stereocenters. The maximum atomic E-state index is 10.2. The highest BCUT2D eigenvalue weighted by molar-refractivity contribution is 5.16. The molecular weight excluding hydrogens is 272 g/mol. The highest BCUT2D eigenvalue weighted by Gasteiger charge is 2.30. The second-order valence-corrected chi connectivity index (χ2v) is 6.04. The van der Waals surface area contributed by atoms with Crippen molar-refractivity contribution in [3.63, 3.8) is 0 Å². The zero-order valence-electron chi connectivity index (χ0n) is 12.9. The number of aliphatic hydroxyl groups is 1. The van der Waals surface area contributed by atoms with E-state index in [1.165, 1.54) is 11.1 Å². The average Bonchev–Trinajstić information content (AvgIpc) is 2.89. The van der Waals surface area contributed by atoms with Gasteiger partial charge in [-0.25, -0.2) is 0 Å². The molecule has 1 heterocycles. The molecule has 0 aromatic heterocycles. The summed E-state index contributed by atoms with van der Waals surface area (Å²) in [5.41, 5.74) is 2.64. The van der Waals surface area contributed by atoms with Crippen LogP contribution in [0.4, 0.5) is 0 Å². The van der Waals surface area contributed by atoms with E-state index in [0.29, 0.717) is 0 Å². The van der Waals surface area contributed by atoms with Crippen molar-refractivity contribution in [3.8, 4) is 0 Å². The zero-order chi connectivity index (χ0) is 15.2. The summed E-state index contributed by atoms with van der Waals surface area (Å²) in [6.45, 7) is 3.47. The molecule has 0 aliphatic carbocycles. The van der Waals surface area contributed by atoms with E-state index >= 15 is 0 Å². The maximum absolute atomic E-state index is 10.2. The van der Waals surface area contributed by atoms with Crippen LogP contribution in [0.3, 0.4) is 0 Å². The molecule has 0 saturated carbocycles. The first-order valence-electron chi connectivity index (χ1n) is 8.03. The number of β-amino-alcohol motifs (C(OH)–C–C–N with tert-alkyl or cyclic N) is 1. The number of hydrogen-bond acceptors (Lipinski definition) is 3. The Kier molecular flexibility index (Phi) is 5.22. The molecule has 3 heteroatoms. The fourth-order valence-corrected chi connectivity index (χ4v) is 3.08. The Morgan fingerprint density at radius 3 is 2.23 bits per heavy atom. The van der Waals surface area contributed by atoms with Gasteiger partial charge in [-0.15, -0.1) is 0 Å². The number of benzene rings is 2. The topological polar surface area (TPSA) is 35.5 Å². The third kappa shape index (κ3) is 4.17. The van der Waals surface area contributed by atoms with E-state index in [1.54, 1.807) is 0 Å². The number of nitrogens with one attached hydrogen (secondary N) is 1. The molecule has 1 aliphatic rings. The number of nitrogens with zero attached hydrogens (tertiary/aromatic N) is 1. The van der Waals surface area contributed by atoms with Gasteiger partial charge in [-0.2, -0.15) is 0 Å². The van der Waals surface area contributed by atoms with E-state index in [0.717, 1.165) is 32.6 Å². The number of likely N-dealkylation sites (tertiary alicyclic amines) is 1. The Bertz CT molecular complexity index is 558. The van der Waals surface area contributed by atoms with Crippen LogP contribution in [-0.4, -0.2) is 41.8 Å². The third-order valence-corrected chi connectivity index (χ3v) is 4.28. The van der Waals surface area contributed by atoms with Crippen LogP contribution in [0, 0.1) is 0 Å². The minimum atomic E-state index is -0.278. The summed E-state index contributed by atoms with van der Waals surface area (Å²) < 4.78 is 0. The summed E-state index contributed by atoms with van der Waals surface area (Å²) in [7, 11) is 0. The first kappa shape index (κ1) is 15.2. The minimum Gasteiger partial charge on any atom is -0.390 e. The van der Waals surface area contributed by atoms with Gasteiger partial charge in [-0.05, 0) is 24.1 Å². The summed E-state index contributed by atoms with van der Waals surface area (Å²) in [6.07, 6.45) is 0.724. The normalized spacial score (nSPS) is 22.0. The fourth-order valence-electron chi connectivity index (χ4n) is 3.08. The molecule has 0 spiro atoms. The predicted octanol–water partition coefficient (Wildman–Crippen LogP) is 2.06. The van der Waals surface area contributed by atoms with Crippen molar-refractivity contribution in [2.45, 2.75) is 25.1 Å². The van der Waals surface area contributed by atoms with Crippen LogP contribution in [-0.2, 0) is 13.0 Å². The summed E-state index contributed by atoms with van der Waals surface area (Å²) >= 11 is 0. The summed E-state index contributed by atoms with van der Waals surface area (Å²) in [4.78, 5) is 2.32. The van der Waals surface area contributed by atoms with E-state index in [4.69, 9.17) is 0 Å². The molecule has 0 radical (unpaired) electrons. The van der Waals surface area contributed by atoms with Gasteiger partial charge < -0.3 is 10.4 Å². The molecule has 2 N–H and O–H groups in total. The standard InChI is InChI=1S/C19H24N2O/c22-19-15-21(13-17-9-5-2-6-10-17)14-18(19)20-12-11-16-7-3-1-4-8-16/h1-10,18-20,22H,11-15H2/t18-,19-/m1/s1. The van der Waals surface area contributed by atoms with Crippen LogP contribution in [0.2, 0.25) is 0 Å². The van der Waals surface area contributed by atoms with Crippen molar-refractivity contribution in [3.05, 3.63) is 71.8 Å². The van der Waals surface area contributed by atoms with Crippen molar-refractivity contribution in [2.24, 2.45) is 0 Å². The second kappa shape index (κ2) is 7.54. The van der Waals surface area contributed by atoms with Crippen LogP contribution in [0.1, 0.15) is 11.1 Å². The molecule has 2 aromatic rings. The Morgan fingerprint density at radius 1 is 0.909 bits per heavy atom. The highest BCUT2D eigenvalue weighted by Crippen LogP contribution is 2.14. The lowest BCUT2D eigenvalue weighted by Crippen LogP contribution is -2.40. The molecule has 116 valence electrons. The van der Waals surface area contributed by atoms with E-state index in [-0.39, 0.29) is 12.1 Å². The SMILES string of the molecule is O[C@@H]1CN(Cc2ccccc2)C[C@H]1NCCc1ccccc1. The van der Waals surface area contributed by atoms with Crippen LogP contribution in [0.15, 0.2) is 60.7 Å². The van der Waals surface area contributed by atoms with Crippen LogP contribution in [0.25, 0.3) is 0 Å². The van der Waals surface area contributed by atoms with Gasteiger partial charge in [0.05, 0.1) is 6.10 Å². The fraction of sp³-hybridized carbons (Fsp3) is 0.368.